The molecule has 0 radical (unpaired) electrons. The average Bonchev–Trinajstić information content (AvgIpc) is 3.37. The van der Waals surface area contributed by atoms with Crippen LogP contribution in [-0.2, 0) is 42.9 Å². The second-order valence-electron chi connectivity index (χ2n) is 15.7. The highest BCUT2D eigenvalue weighted by molar-refractivity contribution is 5.87. The fourth-order valence-electron chi connectivity index (χ4n) is 11.6. The third-order valence-electron chi connectivity index (χ3n) is 13.7. The van der Waals surface area contributed by atoms with E-state index in [9.17, 15) is 29.4 Å². The van der Waals surface area contributed by atoms with Crippen LogP contribution >= 0.6 is 0 Å². The first-order valence-electron chi connectivity index (χ1n) is 16.8. The highest BCUT2D eigenvalue weighted by Crippen LogP contribution is 2.82. The number of epoxide rings is 1. The van der Waals surface area contributed by atoms with Crippen LogP contribution in [0.25, 0.3) is 0 Å². The van der Waals surface area contributed by atoms with Gasteiger partial charge in [0.15, 0.2) is 12.2 Å². The number of carbonyl (C=O) groups is 4. The van der Waals surface area contributed by atoms with Gasteiger partial charge in [-0.3, -0.25) is 19.2 Å². The normalized spacial score (nSPS) is 49.8. The number of aliphatic hydroxyl groups excluding tert-OH is 2. The molecule has 0 amide bonds. The van der Waals surface area contributed by atoms with Crippen LogP contribution in [-0.4, -0.2) is 82.9 Å². The van der Waals surface area contributed by atoms with Gasteiger partial charge in [0.1, 0.15) is 17.5 Å². The van der Waals surface area contributed by atoms with E-state index >= 15 is 0 Å². The molecule has 2 bridgehead atoms. The van der Waals surface area contributed by atoms with Crippen LogP contribution in [0.3, 0.4) is 0 Å². The lowest BCUT2D eigenvalue weighted by atomic mass is 9.33. The molecule has 15 atom stereocenters. The Kier molecular flexibility index (Phi) is 7.21. The van der Waals surface area contributed by atoms with Crippen molar-refractivity contribution in [3.8, 4) is 0 Å². The summed E-state index contributed by atoms with van der Waals surface area (Å²) >= 11 is 0. The van der Waals surface area contributed by atoms with Gasteiger partial charge in [0, 0.05) is 42.4 Å². The van der Waals surface area contributed by atoms with Crippen molar-refractivity contribution in [3.05, 3.63) is 24.2 Å². The number of fused-ring (bicyclic) bond motifs is 1. The molecular formula is C35H46O12. The smallest absolute Gasteiger partial charge is 0.310 e. The number of Topliss-reactive ketones (excluding diaryl/α,β-unsaturated/α-hetero) is 1. The number of hydrogen-bond donors (Lipinski definition) is 2. The van der Waals surface area contributed by atoms with Gasteiger partial charge in [-0.2, -0.15) is 0 Å². The molecule has 2 aliphatic heterocycles. The van der Waals surface area contributed by atoms with Gasteiger partial charge in [-0.05, 0) is 49.7 Å². The minimum Gasteiger partial charge on any atom is -0.472 e. The molecule has 1 aromatic heterocycles. The van der Waals surface area contributed by atoms with Crippen molar-refractivity contribution in [2.24, 2.45) is 39.4 Å². The zero-order chi connectivity index (χ0) is 34.1. The molecule has 7 rings (SSSR count). The zero-order valence-electron chi connectivity index (χ0n) is 28.0. The molecule has 47 heavy (non-hydrogen) atoms. The fourth-order valence-corrected chi connectivity index (χ4v) is 11.6. The predicted octanol–water partition coefficient (Wildman–Crippen LogP) is 3.06. The molecule has 4 saturated carbocycles. The summed E-state index contributed by atoms with van der Waals surface area (Å²) in [6, 6.07) is 1.91. The molecule has 0 unspecified atom stereocenters. The lowest BCUT2D eigenvalue weighted by Gasteiger charge is -2.73. The second-order valence-corrected chi connectivity index (χ2v) is 15.7. The molecule has 6 fully saturated rings. The number of furan rings is 1. The third-order valence-corrected chi connectivity index (χ3v) is 13.7. The van der Waals surface area contributed by atoms with Gasteiger partial charge in [0.2, 0.25) is 6.29 Å². The van der Waals surface area contributed by atoms with Crippen molar-refractivity contribution in [1.82, 2.24) is 0 Å². The maximum atomic E-state index is 14.9. The van der Waals surface area contributed by atoms with E-state index in [0.29, 0.717) is 12.8 Å². The van der Waals surface area contributed by atoms with E-state index in [-0.39, 0.29) is 37.3 Å². The monoisotopic (exact) mass is 658 g/mol. The molecule has 12 nitrogen and oxygen atoms in total. The molecule has 0 aromatic carbocycles. The summed E-state index contributed by atoms with van der Waals surface area (Å²) in [5, 5.41) is 25.0. The Morgan fingerprint density at radius 1 is 1.06 bits per heavy atom. The SMILES string of the molecule is CC[C@@H](C)C(=O)O[C@@H]1OC[C@@]23[C@H]4C(=O)C[C@@]5(C)[C@H](c6ccoc6)C[C@H]6O[C@]65[C@]4(C)[C@H](O)C[C@H]2[C@]1(C)[C@H](OC(C)=O)[C@H](OC(C)=O)[C@@H]3O. The van der Waals surface area contributed by atoms with Crippen LogP contribution in [0.2, 0.25) is 0 Å². The lowest BCUT2D eigenvalue weighted by Crippen LogP contribution is -2.83. The Labute approximate surface area is 273 Å². The minimum absolute atomic E-state index is 0.0558. The summed E-state index contributed by atoms with van der Waals surface area (Å²) in [6.45, 7) is 11.4. The molecule has 1 aromatic rings. The van der Waals surface area contributed by atoms with Crippen molar-refractivity contribution >= 4 is 23.7 Å². The summed E-state index contributed by atoms with van der Waals surface area (Å²) < 4.78 is 36.1. The summed E-state index contributed by atoms with van der Waals surface area (Å²) in [6.07, 6.45) is -2.27. The predicted molar refractivity (Wildman–Crippen MR) is 160 cm³/mol. The van der Waals surface area contributed by atoms with Crippen molar-refractivity contribution in [2.75, 3.05) is 6.61 Å². The van der Waals surface area contributed by atoms with Crippen LogP contribution in [0.5, 0.6) is 0 Å². The van der Waals surface area contributed by atoms with Crippen LogP contribution in [0.15, 0.2) is 23.0 Å². The molecule has 4 aliphatic carbocycles. The van der Waals surface area contributed by atoms with Crippen LogP contribution in [0.1, 0.15) is 85.6 Å². The number of ketones is 1. The average molecular weight is 659 g/mol. The molecule has 258 valence electrons. The van der Waals surface area contributed by atoms with Crippen LogP contribution in [0.4, 0.5) is 0 Å². The van der Waals surface area contributed by atoms with E-state index in [1.807, 2.05) is 19.9 Å². The van der Waals surface area contributed by atoms with Gasteiger partial charge < -0.3 is 38.3 Å². The Balaban J connectivity index is 1.40. The molecule has 12 heteroatoms. The fraction of sp³-hybridized carbons (Fsp3) is 0.771. The molecule has 1 spiro atoms. The maximum Gasteiger partial charge on any atom is 0.310 e. The van der Waals surface area contributed by atoms with Crippen molar-refractivity contribution in [2.45, 2.75) is 122 Å². The van der Waals surface area contributed by atoms with E-state index in [2.05, 4.69) is 6.92 Å². The van der Waals surface area contributed by atoms with Gasteiger partial charge in [-0.1, -0.05) is 27.7 Å². The van der Waals surface area contributed by atoms with E-state index in [0.717, 1.165) is 5.56 Å². The molecule has 2 N–H and O–H groups in total. The summed E-state index contributed by atoms with van der Waals surface area (Å²) in [5.74, 6) is -4.40. The first kappa shape index (κ1) is 32.7. The topological polar surface area (TPSA) is 171 Å². The third kappa shape index (κ3) is 3.84. The summed E-state index contributed by atoms with van der Waals surface area (Å²) in [5.41, 5.74) is -4.66. The molecule has 2 saturated heterocycles. The summed E-state index contributed by atoms with van der Waals surface area (Å²) in [4.78, 5) is 53.4. The second kappa shape index (κ2) is 10.4. The number of ether oxygens (including phenoxy) is 5. The van der Waals surface area contributed by atoms with Crippen molar-refractivity contribution < 1.29 is 57.5 Å². The standard InChI is InChI=1S/C35H46O12/c1-8-16(2)29(41)46-30-32(6)22-12-23(39)33(7)26(34(22,15-43-30)27(40)25(44-17(3)36)28(32)45-18(4)37)21(38)13-31(5)20(19-9-10-42-14-19)11-24-35(31,33)47-24/h9-10,14,16,20,22-28,30,39-40H,8,11-13,15H2,1-7H3/t16-,20+,22+,23-,24-,25-,26+,27+,28-,30+,31+,32-,33-,34+,35-/m1/s1. The Hall–Kier alpha value is -2.80. The number of esters is 3. The molecule has 3 heterocycles. The van der Waals surface area contributed by atoms with E-state index in [4.69, 9.17) is 28.1 Å². The van der Waals surface area contributed by atoms with E-state index < -0.39 is 93.6 Å². The quantitative estimate of drug-likeness (QED) is 0.260. The Bertz CT molecular complexity index is 1490. The Morgan fingerprint density at radius 2 is 1.77 bits per heavy atom. The first-order chi connectivity index (χ1) is 22.0. The molecule has 6 aliphatic rings. The van der Waals surface area contributed by atoms with E-state index in [1.165, 1.54) is 13.8 Å². The number of aliphatic hydroxyl groups is 2. The van der Waals surface area contributed by atoms with Gasteiger partial charge in [0.25, 0.3) is 0 Å². The van der Waals surface area contributed by atoms with Crippen molar-refractivity contribution in [1.29, 1.82) is 0 Å². The number of hydrogen-bond acceptors (Lipinski definition) is 12. The number of rotatable bonds is 6. The molecular weight excluding hydrogens is 612 g/mol. The zero-order valence-corrected chi connectivity index (χ0v) is 28.0. The van der Waals surface area contributed by atoms with Gasteiger partial charge in [0.05, 0.1) is 42.7 Å². The largest absolute Gasteiger partial charge is 0.472 e. The minimum atomic E-state index is -1.54. The Morgan fingerprint density at radius 3 is 2.38 bits per heavy atom. The van der Waals surface area contributed by atoms with Gasteiger partial charge >= 0.3 is 17.9 Å². The first-order valence-corrected chi connectivity index (χ1v) is 16.8. The maximum absolute atomic E-state index is 14.9. The highest BCUT2D eigenvalue weighted by atomic mass is 16.7. The van der Waals surface area contributed by atoms with E-state index in [1.54, 1.807) is 26.4 Å². The van der Waals surface area contributed by atoms with Crippen molar-refractivity contribution in [3.63, 3.8) is 0 Å². The highest BCUT2D eigenvalue weighted by Gasteiger charge is 2.90. The van der Waals surface area contributed by atoms with Crippen LogP contribution < -0.4 is 0 Å². The van der Waals surface area contributed by atoms with Gasteiger partial charge in [-0.15, -0.1) is 0 Å². The summed E-state index contributed by atoms with van der Waals surface area (Å²) in [7, 11) is 0. The number of carbonyl (C=O) groups excluding carboxylic acids is 4. The lowest BCUT2D eigenvalue weighted by molar-refractivity contribution is -0.389. The van der Waals surface area contributed by atoms with Crippen LogP contribution in [0, 0.1) is 39.4 Å². The van der Waals surface area contributed by atoms with Gasteiger partial charge in [-0.25, -0.2) is 0 Å².